The van der Waals surface area contributed by atoms with Crippen molar-refractivity contribution >= 4 is 11.8 Å². The van der Waals surface area contributed by atoms with Gasteiger partial charge in [0.15, 0.2) is 0 Å². The van der Waals surface area contributed by atoms with E-state index in [1.807, 2.05) is 12.2 Å². The number of aliphatic hydroxyl groups excluding tert-OH is 3. The van der Waals surface area contributed by atoms with Crippen LogP contribution in [0.1, 0.15) is 12.8 Å². The number of carbonyl (C=O) groups is 2. The molecule has 6 nitrogen and oxygen atoms in total. The van der Waals surface area contributed by atoms with Crippen molar-refractivity contribution in [3.63, 3.8) is 0 Å². The molecule has 3 N–H and O–H groups in total. The lowest BCUT2D eigenvalue weighted by molar-refractivity contribution is -0.155. The zero-order chi connectivity index (χ0) is 13.3. The number of allylic oxidation sites excluding steroid dienone is 2. The standard InChI is InChI=1S/C12H17NO5/c14-5-12(6-15,7-16)13-10(17)8-3-1-2-4-9(8)11(13)18/h1-2,8-9,14-16H,3-7H2. The van der Waals surface area contributed by atoms with Gasteiger partial charge >= 0.3 is 0 Å². The van der Waals surface area contributed by atoms with E-state index in [4.69, 9.17) is 0 Å². The third kappa shape index (κ3) is 1.68. The molecule has 1 fully saturated rings. The highest BCUT2D eigenvalue weighted by molar-refractivity contribution is 6.06. The number of hydrogen-bond acceptors (Lipinski definition) is 5. The minimum absolute atomic E-state index is 0.411. The molecule has 0 aromatic carbocycles. The van der Waals surface area contributed by atoms with Crippen molar-refractivity contribution in [2.24, 2.45) is 11.8 Å². The minimum Gasteiger partial charge on any atom is -0.394 e. The maximum Gasteiger partial charge on any atom is 0.234 e. The predicted molar refractivity (Wildman–Crippen MR) is 61.2 cm³/mol. The van der Waals surface area contributed by atoms with Crippen LogP contribution in [0, 0.1) is 11.8 Å². The van der Waals surface area contributed by atoms with E-state index in [0.29, 0.717) is 12.8 Å². The van der Waals surface area contributed by atoms with Crippen LogP contribution in [0.3, 0.4) is 0 Å². The lowest BCUT2D eigenvalue weighted by Gasteiger charge is -2.36. The molecule has 1 saturated heterocycles. The first kappa shape index (κ1) is 13.2. The highest BCUT2D eigenvalue weighted by Gasteiger charge is 2.54. The summed E-state index contributed by atoms with van der Waals surface area (Å²) in [6.45, 7) is -1.95. The van der Waals surface area contributed by atoms with Crippen LogP contribution in [0.4, 0.5) is 0 Å². The van der Waals surface area contributed by atoms with Crippen LogP contribution in [0.25, 0.3) is 0 Å². The highest BCUT2D eigenvalue weighted by Crippen LogP contribution is 2.38. The van der Waals surface area contributed by atoms with E-state index in [0.717, 1.165) is 4.90 Å². The Bertz CT molecular complexity index is 354. The van der Waals surface area contributed by atoms with Crippen LogP contribution in [0.2, 0.25) is 0 Å². The zero-order valence-corrected chi connectivity index (χ0v) is 9.95. The van der Waals surface area contributed by atoms with Crippen LogP contribution in [0.15, 0.2) is 12.2 Å². The Morgan fingerprint density at radius 3 is 1.72 bits per heavy atom. The maximum absolute atomic E-state index is 12.2. The summed E-state index contributed by atoms with van der Waals surface area (Å²) in [5.74, 6) is -1.67. The van der Waals surface area contributed by atoms with Gasteiger partial charge in [-0.2, -0.15) is 0 Å². The first-order chi connectivity index (χ1) is 8.61. The Hall–Kier alpha value is -1.24. The van der Waals surface area contributed by atoms with Crippen molar-refractivity contribution in [3.8, 4) is 0 Å². The zero-order valence-electron chi connectivity index (χ0n) is 9.95. The smallest absolute Gasteiger partial charge is 0.234 e. The van der Waals surface area contributed by atoms with Crippen LogP contribution in [0.5, 0.6) is 0 Å². The third-order valence-electron chi connectivity index (χ3n) is 3.86. The molecular weight excluding hydrogens is 238 g/mol. The number of likely N-dealkylation sites (tertiary alicyclic amines) is 1. The summed E-state index contributed by atoms with van der Waals surface area (Å²) in [6.07, 6.45) is 4.69. The van der Waals surface area contributed by atoms with Gasteiger partial charge in [-0.1, -0.05) is 12.2 Å². The van der Waals surface area contributed by atoms with Gasteiger partial charge in [0.1, 0.15) is 5.54 Å². The Labute approximate surface area is 105 Å². The van der Waals surface area contributed by atoms with Crippen molar-refractivity contribution in [2.45, 2.75) is 18.4 Å². The summed E-state index contributed by atoms with van der Waals surface area (Å²) in [5.41, 5.74) is -1.59. The normalized spacial score (nSPS) is 27.8. The van der Waals surface area contributed by atoms with Gasteiger partial charge in [-0.15, -0.1) is 0 Å². The lowest BCUT2D eigenvalue weighted by atomic mass is 9.85. The SMILES string of the molecule is O=C1C2CC=CCC2C(=O)N1C(CO)(CO)CO. The largest absolute Gasteiger partial charge is 0.394 e. The van der Waals surface area contributed by atoms with Gasteiger partial charge in [0.2, 0.25) is 11.8 Å². The first-order valence-corrected chi connectivity index (χ1v) is 5.97. The number of hydrogen-bond donors (Lipinski definition) is 3. The predicted octanol–water partition coefficient (Wildman–Crippen LogP) is -1.35. The van der Waals surface area contributed by atoms with Gasteiger partial charge in [0.05, 0.1) is 31.7 Å². The van der Waals surface area contributed by atoms with Gasteiger partial charge in [-0.05, 0) is 12.8 Å². The van der Waals surface area contributed by atoms with Crippen molar-refractivity contribution in [1.82, 2.24) is 4.90 Å². The molecule has 18 heavy (non-hydrogen) atoms. The second-order valence-corrected chi connectivity index (χ2v) is 4.87. The summed E-state index contributed by atoms with van der Waals surface area (Å²) >= 11 is 0. The molecule has 1 aliphatic heterocycles. The highest BCUT2D eigenvalue weighted by atomic mass is 16.3. The van der Waals surface area contributed by atoms with Gasteiger partial charge in [-0.25, -0.2) is 0 Å². The first-order valence-electron chi connectivity index (χ1n) is 5.97. The van der Waals surface area contributed by atoms with E-state index in [-0.39, 0.29) is 0 Å². The van der Waals surface area contributed by atoms with Crippen LogP contribution in [-0.4, -0.2) is 57.4 Å². The average Bonchev–Trinajstić information content (AvgIpc) is 2.67. The molecule has 2 rings (SSSR count). The molecule has 1 heterocycles. The molecule has 2 unspecified atom stereocenters. The molecule has 0 aromatic heterocycles. The van der Waals surface area contributed by atoms with E-state index in [9.17, 15) is 24.9 Å². The molecule has 0 aromatic rings. The molecule has 2 aliphatic rings. The maximum atomic E-state index is 12.2. The van der Waals surface area contributed by atoms with E-state index < -0.39 is 49.0 Å². The molecule has 0 radical (unpaired) electrons. The fourth-order valence-electron chi connectivity index (χ4n) is 2.63. The molecule has 0 spiro atoms. The summed E-state index contributed by atoms with van der Waals surface area (Å²) in [5, 5.41) is 28.0. The fraction of sp³-hybridized carbons (Fsp3) is 0.667. The molecule has 0 saturated carbocycles. The lowest BCUT2D eigenvalue weighted by Crippen LogP contribution is -2.59. The Morgan fingerprint density at radius 1 is 1.00 bits per heavy atom. The molecule has 2 amide bonds. The molecule has 6 heteroatoms. The van der Waals surface area contributed by atoms with E-state index in [1.165, 1.54) is 0 Å². The number of carbonyl (C=O) groups excluding carboxylic acids is 2. The summed E-state index contributed by atoms with van der Waals surface area (Å²) in [7, 11) is 0. The van der Waals surface area contributed by atoms with E-state index >= 15 is 0 Å². The van der Waals surface area contributed by atoms with Crippen molar-refractivity contribution in [3.05, 3.63) is 12.2 Å². The molecular formula is C12H17NO5. The van der Waals surface area contributed by atoms with E-state index in [2.05, 4.69) is 0 Å². The third-order valence-corrected chi connectivity index (χ3v) is 3.86. The monoisotopic (exact) mass is 255 g/mol. The number of amides is 2. The minimum atomic E-state index is -1.59. The second kappa shape index (κ2) is 4.79. The number of rotatable bonds is 4. The quantitative estimate of drug-likeness (QED) is 0.426. The van der Waals surface area contributed by atoms with Crippen LogP contribution in [-0.2, 0) is 9.59 Å². The van der Waals surface area contributed by atoms with Gasteiger partial charge in [0.25, 0.3) is 0 Å². The Balaban J connectivity index is 2.35. The molecule has 1 aliphatic carbocycles. The summed E-state index contributed by atoms with van der Waals surface area (Å²) < 4.78 is 0. The topological polar surface area (TPSA) is 98.1 Å². The molecule has 100 valence electrons. The van der Waals surface area contributed by atoms with Gasteiger partial charge < -0.3 is 15.3 Å². The van der Waals surface area contributed by atoms with Gasteiger partial charge in [0, 0.05) is 0 Å². The average molecular weight is 255 g/mol. The Kier molecular flexibility index (Phi) is 3.52. The second-order valence-electron chi connectivity index (χ2n) is 4.87. The molecule has 2 atom stereocenters. The van der Waals surface area contributed by atoms with Crippen molar-refractivity contribution in [1.29, 1.82) is 0 Å². The van der Waals surface area contributed by atoms with Crippen LogP contribution >= 0.6 is 0 Å². The summed E-state index contributed by atoms with van der Waals surface area (Å²) in [6, 6.07) is 0. The van der Waals surface area contributed by atoms with Gasteiger partial charge in [-0.3, -0.25) is 14.5 Å². The number of imide groups is 1. The number of aliphatic hydroxyl groups is 3. The number of fused-ring (bicyclic) bond motifs is 1. The fourth-order valence-corrected chi connectivity index (χ4v) is 2.63. The molecule has 0 bridgehead atoms. The van der Waals surface area contributed by atoms with Crippen LogP contribution < -0.4 is 0 Å². The van der Waals surface area contributed by atoms with E-state index in [1.54, 1.807) is 0 Å². The summed E-state index contributed by atoms with van der Waals surface area (Å²) in [4.78, 5) is 25.3. The number of nitrogens with zero attached hydrogens (tertiary/aromatic N) is 1. The Morgan fingerprint density at radius 2 is 1.39 bits per heavy atom. The van der Waals surface area contributed by atoms with Crippen molar-refractivity contribution < 1.29 is 24.9 Å². The van der Waals surface area contributed by atoms with Crippen molar-refractivity contribution in [2.75, 3.05) is 19.8 Å².